The van der Waals surface area contributed by atoms with Gasteiger partial charge < -0.3 is 15.4 Å². The minimum atomic E-state index is -0.170. The Morgan fingerprint density at radius 1 is 1.50 bits per heavy atom. The van der Waals surface area contributed by atoms with Crippen molar-refractivity contribution < 1.29 is 9.53 Å². The van der Waals surface area contributed by atoms with Gasteiger partial charge in [0.2, 0.25) is 0 Å². The molecule has 1 fully saturated rings. The Balaban J connectivity index is 2.02. The van der Waals surface area contributed by atoms with E-state index in [0.29, 0.717) is 23.4 Å². The van der Waals surface area contributed by atoms with Crippen molar-refractivity contribution in [2.24, 2.45) is 0 Å². The number of halogens is 1. The van der Waals surface area contributed by atoms with E-state index in [9.17, 15) is 4.79 Å². The fourth-order valence-corrected chi connectivity index (χ4v) is 1.85. The Morgan fingerprint density at radius 3 is 2.94 bits per heavy atom. The predicted octanol–water partition coefficient (Wildman–Crippen LogP) is 1.72. The highest BCUT2D eigenvalue weighted by molar-refractivity contribution is 6.32. The Hall–Kier alpha value is -1.26. The lowest BCUT2D eigenvalue weighted by Crippen LogP contribution is -2.25. The van der Waals surface area contributed by atoms with Gasteiger partial charge in [0, 0.05) is 25.2 Å². The van der Waals surface area contributed by atoms with Gasteiger partial charge in [0.15, 0.2) is 6.61 Å². The van der Waals surface area contributed by atoms with Crippen LogP contribution in [0.5, 0.6) is 5.75 Å². The van der Waals surface area contributed by atoms with Crippen LogP contribution in [0.15, 0.2) is 18.2 Å². The van der Waals surface area contributed by atoms with Crippen LogP contribution in [0.3, 0.4) is 0 Å². The molecule has 1 amide bonds. The third-order valence-corrected chi connectivity index (χ3v) is 3.13. The second-order valence-corrected chi connectivity index (χ2v) is 4.75. The molecule has 1 aliphatic rings. The summed E-state index contributed by atoms with van der Waals surface area (Å²) < 4.78 is 5.49. The average molecular weight is 269 g/mol. The van der Waals surface area contributed by atoms with Crippen LogP contribution in [0.4, 0.5) is 0 Å². The molecule has 0 bridgehead atoms. The first-order valence-electron chi connectivity index (χ1n) is 6.05. The van der Waals surface area contributed by atoms with Gasteiger partial charge in [-0.1, -0.05) is 23.7 Å². The van der Waals surface area contributed by atoms with E-state index in [2.05, 4.69) is 10.6 Å². The zero-order valence-corrected chi connectivity index (χ0v) is 11.1. The highest BCUT2D eigenvalue weighted by Crippen LogP contribution is 2.29. The fourth-order valence-electron chi connectivity index (χ4n) is 1.61. The van der Waals surface area contributed by atoms with Crippen LogP contribution in [0.2, 0.25) is 5.02 Å². The molecule has 98 valence electrons. The molecule has 0 spiro atoms. The maximum Gasteiger partial charge on any atom is 0.257 e. The third kappa shape index (κ3) is 3.62. The van der Waals surface area contributed by atoms with E-state index in [-0.39, 0.29) is 12.5 Å². The molecule has 2 rings (SSSR count). The van der Waals surface area contributed by atoms with Gasteiger partial charge in [-0.25, -0.2) is 0 Å². The fraction of sp³-hybridized carbons (Fsp3) is 0.462. The summed E-state index contributed by atoms with van der Waals surface area (Å²) in [5.41, 5.74) is 0.985. The largest absolute Gasteiger partial charge is 0.482 e. The Kier molecular flexibility index (Phi) is 4.44. The summed E-state index contributed by atoms with van der Waals surface area (Å²) in [6, 6.07) is 6.23. The maximum atomic E-state index is 11.2. The molecule has 0 saturated heterocycles. The second kappa shape index (κ2) is 6.07. The van der Waals surface area contributed by atoms with Gasteiger partial charge in [0.25, 0.3) is 5.91 Å². The van der Waals surface area contributed by atoms with Gasteiger partial charge in [-0.15, -0.1) is 0 Å². The number of benzene rings is 1. The Morgan fingerprint density at radius 2 is 2.28 bits per heavy atom. The molecule has 5 heteroatoms. The topological polar surface area (TPSA) is 50.4 Å². The van der Waals surface area contributed by atoms with Crippen LogP contribution in [0.1, 0.15) is 18.4 Å². The van der Waals surface area contributed by atoms with Gasteiger partial charge in [0.1, 0.15) is 5.75 Å². The van der Waals surface area contributed by atoms with Crippen LogP contribution in [-0.4, -0.2) is 25.6 Å². The van der Waals surface area contributed by atoms with Crippen LogP contribution in [-0.2, 0) is 11.3 Å². The van der Waals surface area contributed by atoms with E-state index in [1.807, 2.05) is 12.1 Å². The molecule has 0 radical (unpaired) electrons. The first kappa shape index (κ1) is 13.2. The van der Waals surface area contributed by atoms with Crippen molar-refractivity contribution in [3.05, 3.63) is 28.8 Å². The van der Waals surface area contributed by atoms with Crippen molar-refractivity contribution in [2.45, 2.75) is 25.4 Å². The number of amides is 1. The van der Waals surface area contributed by atoms with Crippen LogP contribution in [0.25, 0.3) is 0 Å². The monoisotopic (exact) mass is 268 g/mol. The summed E-state index contributed by atoms with van der Waals surface area (Å²) in [4.78, 5) is 11.2. The van der Waals surface area contributed by atoms with Crippen molar-refractivity contribution >= 4 is 17.5 Å². The van der Waals surface area contributed by atoms with Gasteiger partial charge in [-0.3, -0.25) is 4.79 Å². The summed E-state index contributed by atoms with van der Waals surface area (Å²) >= 11 is 6.10. The molecule has 0 heterocycles. The minimum Gasteiger partial charge on any atom is -0.482 e. The second-order valence-electron chi connectivity index (χ2n) is 4.35. The highest BCUT2D eigenvalue weighted by Gasteiger charge is 2.21. The molecule has 2 N–H and O–H groups in total. The highest BCUT2D eigenvalue weighted by atomic mass is 35.5. The van der Waals surface area contributed by atoms with Crippen molar-refractivity contribution in [2.75, 3.05) is 13.7 Å². The molecule has 0 unspecified atom stereocenters. The van der Waals surface area contributed by atoms with Gasteiger partial charge in [0.05, 0.1) is 5.02 Å². The van der Waals surface area contributed by atoms with Gasteiger partial charge in [-0.2, -0.15) is 0 Å². The molecular weight excluding hydrogens is 252 g/mol. The zero-order valence-electron chi connectivity index (χ0n) is 10.3. The zero-order chi connectivity index (χ0) is 13.0. The molecule has 4 nitrogen and oxygen atoms in total. The number of hydrogen-bond donors (Lipinski definition) is 2. The van der Waals surface area contributed by atoms with Crippen molar-refractivity contribution in [1.29, 1.82) is 0 Å². The standard InChI is InChI=1S/C13H17ClN2O2/c1-15-12(17)8-18-13-9(3-2-4-11(13)14)7-16-10-5-6-10/h2-4,10,16H,5-8H2,1H3,(H,15,17). The van der Waals surface area contributed by atoms with Crippen LogP contribution < -0.4 is 15.4 Å². The molecule has 1 saturated carbocycles. The number of likely N-dealkylation sites (N-methyl/N-ethyl adjacent to an activating group) is 1. The van der Waals surface area contributed by atoms with E-state index in [0.717, 1.165) is 5.56 Å². The molecule has 18 heavy (non-hydrogen) atoms. The van der Waals surface area contributed by atoms with E-state index in [1.54, 1.807) is 13.1 Å². The number of carbonyl (C=O) groups is 1. The summed E-state index contributed by atoms with van der Waals surface area (Å²) in [6.07, 6.45) is 2.46. The summed E-state index contributed by atoms with van der Waals surface area (Å²) in [6.45, 7) is 0.699. The van der Waals surface area contributed by atoms with E-state index in [4.69, 9.17) is 16.3 Å². The quantitative estimate of drug-likeness (QED) is 0.826. The number of rotatable bonds is 6. The van der Waals surface area contributed by atoms with Gasteiger partial charge >= 0.3 is 0 Å². The van der Waals surface area contributed by atoms with Crippen molar-refractivity contribution in [3.63, 3.8) is 0 Å². The predicted molar refractivity (Wildman–Crippen MR) is 70.9 cm³/mol. The first-order valence-corrected chi connectivity index (χ1v) is 6.42. The van der Waals surface area contributed by atoms with Crippen molar-refractivity contribution in [3.8, 4) is 5.75 Å². The van der Waals surface area contributed by atoms with Crippen LogP contribution in [0, 0.1) is 0 Å². The number of carbonyl (C=O) groups excluding carboxylic acids is 1. The Labute approximate surface area is 112 Å². The third-order valence-electron chi connectivity index (χ3n) is 2.83. The lowest BCUT2D eigenvalue weighted by molar-refractivity contribution is -0.122. The molecule has 1 aromatic carbocycles. The molecule has 0 aliphatic heterocycles. The molecular formula is C13H17ClN2O2. The number of nitrogens with one attached hydrogen (secondary N) is 2. The SMILES string of the molecule is CNC(=O)COc1c(Cl)cccc1CNC1CC1. The van der Waals surface area contributed by atoms with Gasteiger partial charge in [-0.05, 0) is 18.9 Å². The lowest BCUT2D eigenvalue weighted by atomic mass is 10.2. The smallest absolute Gasteiger partial charge is 0.257 e. The minimum absolute atomic E-state index is 0.0172. The van der Waals surface area contributed by atoms with E-state index in [1.165, 1.54) is 12.8 Å². The normalized spacial score (nSPS) is 14.3. The Bertz CT molecular complexity index is 433. The first-order chi connectivity index (χ1) is 8.70. The van der Waals surface area contributed by atoms with Crippen molar-refractivity contribution in [1.82, 2.24) is 10.6 Å². The molecule has 1 aliphatic carbocycles. The summed E-state index contributed by atoms with van der Waals surface area (Å²) in [5, 5.41) is 6.45. The molecule has 0 aromatic heterocycles. The average Bonchev–Trinajstić information content (AvgIpc) is 3.18. The lowest BCUT2D eigenvalue weighted by Gasteiger charge is -2.13. The number of ether oxygens (including phenoxy) is 1. The number of hydrogen-bond acceptors (Lipinski definition) is 3. The summed E-state index contributed by atoms with van der Waals surface area (Å²) in [7, 11) is 1.58. The summed E-state index contributed by atoms with van der Waals surface area (Å²) in [5.74, 6) is 0.423. The van der Waals surface area contributed by atoms with Crippen LogP contribution >= 0.6 is 11.6 Å². The maximum absolute atomic E-state index is 11.2. The van der Waals surface area contributed by atoms with E-state index < -0.39 is 0 Å². The molecule has 1 aromatic rings. The number of para-hydroxylation sites is 1. The van der Waals surface area contributed by atoms with E-state index >= 15 is 0 Å². The molecule has 0 atom stereocenters.